The van der Waals surface area contributed by atoms with Gasteiger partial charge in [0.2, 0.25) is 0 Å². The Morgan fingerprint density at radius 2 is 2.31 bits per heavy atom. The molecule has 0 amide bonds. The minimum Gasteiger partial charge on any atom is -0.471 e. The first-order valence-electron chi connectivity index (χ1n) is 4.74. The molecule has 0 aromatic carbocycles. The van der Waals surface area contributed by atoms with Crippen LogP contribution in [0.25, 0.3) is 0 Å². The third-order valence-electron chi connectivity index (χ3n) is 3.01. The molecule has 0 saturated carbocycles. The lowest BCUT2D eigenvalue weighted by Gasteiger charge is -2.27. The summed E-state index contributed by atoms with van der Waals surface area (Å²) in [4.78, 5) is 0. The van der Waals surface area contributed by atoms with E-state index in [-0.39, 0.29) is 0 Å². The van der Waals surface area contributed by atoms with Gasteiger partial charge in [0.15, 0.2) is 6.79 Å². The standard InChI is InChI=1S/C11H12O2/c1-2-4-9-8(3-1)5-11-10(9)6-12-7-13-11/h1-3,5,9-10H,4,6-7H2. The first-order valence-corrected chi connectivity index (χ1v) is 4.74. The molecule has 0 aromatic heterocycles. The molecule has 0 radical (unpaired) electrons. The van der Waals surface area contributed by atoms with Crippen LogP contribution in [0.5, 0.6) is 0 Å². The zero-order valence-electron chi connectivity index (χ0n) is 7.40. The summed E-state index contributed by atoms with van der Waals surface area (Å²) >= 11 is 0. The number of hydrogen-bond donors (Lipinski definition) is 0. The monoisotopic (exact) mass is 176 g/mol. The third kappa shape index (κ3) is 1.05. The number of hydrogen-bond acceptors (Lipinski definition) is 2. The van der Waals surface area contributed by atoms with Gasteiger partial charge in [-0.05, 0) is 24.0 Å². The van der Waals surface area contributed by atoms with E-state index in [2.05, 4.69) is 24.3 Å². The number of rotatable bonds is 0. The van der Waals surface area contributed by atoms with Gasteiger partial charge >= 0.3 is 0 Å². The summed E-state index contributed by atoms with van der Waals surface area (Å²) < 4.78 is 10.8. The second-order valence-corrected chi connectivity index (χ2v) is 3.72. The number of ether oxygens (including phenoxy) is 2. The van der Waals surface area contributed by atoms with Crippen molar-refractivity contribution in [3.8, 4) is 0 Å². The molecule has 1 aliphatic heterocycles. The summed E-state index contributed by atoms with van der Waals surface area (Å²) in [6, 6.07) is 0. The highest BCUT2D eigenvalue weighted by atomic mass is 16.7. The zero-order chi connectivity index (χ0) is 8.67. The Balaban J connectivity index is 1.96. The molecule has 0 bridgehead atoms. The minimum atomic E-state index is 0.426. The highest BCUT2D eigenvalue weighted by molar-refractivity contribution is 5.39. The second-order valence-electron chi connectivity index (χ2n) is 3.72. The van der Waals surface area contributed by atoms with E-state index < -0.39 is 0 Å². The van der Waals surface area contributed by atoms with Gasteiger partial charge in [-0.1, -0.05) is 18.2 Å². The van der Waals surface area contributed by atoms with E-state index in [1.807, 2.05) is 0 Å². The van der Waals surface area contributed by atoms with Crippen molar-refractivity contribution in [3.63, 3.8) is 0 Å². The maximum Gasteiger partial charge on any atom is 0.188 e. The normalized spacial score (nSPS) is 35.7. The lowest BCUT2D eigenvalue weighted by molar-refractivity contribution is -0.0897. The Kier molecular flexibility index (Phi) is 1.56. The van der Waals surface area contributed by atoms with Gasteiger partial charge in [0, 0.05) is 5.92 Å². The molecule has 1 fully saturated rings. The lowest BCUT2D eigenvalue weighted by atomic mass is 9.86. The first kappa shape index (κ1) is 7.39. The van der Waals surface area contributed by atoms with Gasteiger partial charge in [-0.3, -0.25) is 0 Å². The predicted octanol–water partition coefficient (Wildman–Crippen LogP) is 2.01. The number of allylic oxidation sites excluding steroid dienone is 5. The SMILES string of the molecule is C1=CCC2C(=C1)C=C1OCOCC12. The van der Waals surface area contributed by atoms with Gasteiger partial charge in [-0.15, -0.1) is 0 Å². The van der Waals surface area contributed by atoms with Crippen LogP contribution in [0.15, 0.2) is 35.6 Å². The van der Waals surface area contributed by atoms with E-state index in [9.17, 15) is 0 Å². The fourth-order valence-corrected chi connectivity index (χ4v) is 2.32. The van der Waals surface area contributed by atoms with Crippen molar-refractivity contribution in [2.75, 3.05) is 13.4 Å². The largest absolute Gasteiger partial charge is 0.471 e. The van der Waals surface area contributed by atoms with Gasteiger partial charge in [0.1, 0.15) is 5.76 Å². The van der Waals surface area contributed by atoms with Gasteiger partial charge in [0.05, 0.1) is 6.61 Å². The minimum absolute atomic E-state index is 0.426. The molecule has 3 rings (SSSR count). The first-order chi connectivity index (χ1) is 6.45. The van der Waals surface area contributed by atoms with Crippen LogP contribution in [-0.2, 0) is 9.47 Å². The van der Waals surface area contributed by atoms with E-state index in [1.165, 1.54) is 5.57 Å². The van der Waals surface area contributed by atoms with Crippen LogP contribution < -0.4 is 0 Å². The van der Waals surface area contributed by atoms with Gasteiger partial charge < -0.3 is 9.47 Å². The molecule has 68 valence electrons. The van der Waals surface area contributed by atoms with E-state index in [4.69, 9.17) is 9.47 Å². The Bertz CT molecular complexity index is 312. The Labute approximate surface area is 77.5 Å². The van der Waals surface area contributed by atoms with Crippen LogP contribution in [0.3, 0.4) is 0 Å². The summed E-state index contributed by atoms with van der Waals surface area (Å²) in [7, 11) is 0. The molecule has 2 unspecified atom stereocenters. The highest BCUT2D eigenvalue weighted by Gasteiger charge is 2.36. The van der Waals surface area contributed by atoms with Gasteiger partial charge in [0.25, 0.3) is 0 Å². The van der Waals surface area contributed by atoms with Crippen molar-refractivity contribution in [3.05, 3.63) is 35.6 Å². The fraction of sp³-hybridized carbons (Fsp3) is 0.455. The molecule has 2 nitrogen and oxygen atoms in total. The van der Waals surface area contributed by atoms with Crippen molar-refractivity contribution in [2.45, 2.75) is 6.42 Å². The van der Waals surface area contributed by atoms with E-state index in [0.29, 0.717) is 18.6 Å². The zero-order valence-corrected chi connectivity index (χ0v) is 7.40. The molecular weight excluding hydrogens is 164 g/mol. The van der Waals surface area contributed by atoms with Crippen molar-refractivity contribution in [1.82, 2.24) is 0 Å². The average molecular weight is 176 g/mol. The average Bonchev–Trinajstić information content (AvgIpc) is 2.56. The summed E-state index contributed by atoms with van der Waals surface area (Å²) in [5.74, 6) is 2.22. The van der Waals surface area contributed by atoms with Crippen LogP contribution >= 0.6 is 0 Å². The Morgan fingerprint density at radius 1 is 1.31 bits per heavy atom. The quantitative estimate of drug-likeness (QED) is 0.562. The molecule has 0 N–H and O–H groups in total. The van der Waals surface area contributed by atoms with Crippen LogP contribution in [0.1, 0.15) is 6.42 Å². The Hall–Kier alpha value is -1.02. The predicted molar refractivity (Wildman–Crippen MR) is 48.8 cm³/mol. The summed E-state index contributed by atoms with van der Waals surface area (Å²) in [5.41, 5.74) is 1.41. The van der Waals surface area contributed by atoms with Crippen LogP contribution in [0.4, 0.5) is 0 Å². The topological polar surface area (TPSA) is 18.5 Å². The maximum atomic E-state index is 5.46. The molecule has 0 aromatic rings. The molecule has 2 heteroatoms. The van der Waals surface area contributed by atoms with E-state index in [1.54, 1.807) is 0 Å². The van der Waals surface area contributed by atoms with Crippen LogP contribution in [0.2, 0.25) is 0 Å². The molecule has 1 heterocycles. The van der Waals surface area contributed by atoms with E-state index in [0.717, 1.165) is 18.8 Å². The summed E-state index contributed by atoms with van der Waals surface area (Å²) in [5, 5.41) is 0. The molecule has 0 spiro atoms. The van der Waals surface area contributed by atoms with Crippen molar-refractivity contribution in [1.29, 1.82) is 0 Å². The summed E-state index contributed by atoms with van der Waals surface area (Å²) in [6.45, 7) is 1.25. The highest BCUT2D eigenvalue weighted by Crippen LogP contribution is 2.42. The smallest absolute Gasteiger partial charge is 0.188 e. The second kappa shape index (κ2) is 2.74. The molecule has 2 aliphatic carbocycles. The maximum absolute atomic E-state index is 5.46. The van der Waals surface area contributed by atoms with Crippen LogP contribution in [-0.4, -0.2) is 13.4 Å². The van der Waals surface area contributed by atoms with E-state index >= 15 is 0 Å². The summed E-state index contributed by atoms with van der Waals surface area (Å²) in [6.07, 6.45) is 9.84. The molecule has 1 saturated heterocycles. The molecular formula is C11H12O2. The van der Waals surface area contributed by atoms with Crippen LogP contribution in [0, 0.1) is 11.8 Å². The van der Waals surface area contributed by atoms with Gasteiger partial charge in [-0.2, -0.15) is 0 Å². The van der Waals surface area contributed by atoms with Crippen molar-refractivity contribution < 1.29 is 9.47 Å². The van der Waals surface area contributed by atoms with Gasteiger partial charge in [-0.25, -0.2) is 0 Å². The molecule has 13 heavy (non-hydrogen) atoms. The molecule has 2 atom stereocenters. The number of fused-ring (bicyclic) bond motifs is 3. The molecule has 3 aliphatic rings. The van der Waals surface area contributed by atoms with Crippen molar-refractivity contribution >= 4 is 0 Å². The third-order valence-corrected chi connectivity index (χ3v) is 3.01. The van der Waals surface area contributed by atoms with Crippen molar-refractivity contribution in [2.24, 2.45) is 11.8 Å². The lowest BCUT2D eigenvalue weighted by Crippen LogP contribution is -2.25. The fourth-order valence-electron chi connectivity index (χ4n) is 2.32. The Morgan fingerprint density at radius 3 is 3.31 bits per heavy atom.